The quantitative estimate of drug-likeness (QED) is 0.532. The van der Waals surface area contributed by atoms with Crippen molar-refractivity contribution in [3.05, 3.63) is 0 Å². The molecule has 19 heavy (non-hydrogen) atoms. The van der Waals surface area contributed by atoms with Gasteiger partial charge in [-0.2, -0.15) is 0 Å². The topological polar surface area (TPSA) is 44.7 Å². The molecule has 4 heteroatoms. The lowest BCUT2D eigenvalue weighted by Gasteiger charge is -2.19. The van der Waals surface area contributed by atoms with Crippen LogP contribution in [0.1, 0.15) is 40.0 Å². The molecule has 0 fully saturated rings. The zero-order valence-corrected chi connectivity index (χ0v) is 13.5. The van der Waals surface area contributed by atoms with Crippen LogP contribution in [0.15, 0.2) is 0 Å². The molecule has 0 aromatic carbocycles. The molecular weight excluding hydrogens is 240 g/mol. The lowest BCUT2D eigenvalue weighted by Crippen LogP contribution is -2.37. The van der Waals surface area contributed by atoms with Crippen molar-refractivity contribution < 1.29 is 9.84 Å². The highest BCUT2D eigenvalue weighted by molar-refractivity contribution is 4.66. The van der Waals surface area contributed by atoms with Crippen molar-refractivity contribution in [3.8, 4) is 0 Å². The number of hydrogen-bond acceptors (Lipinski definition) is 4. The van der Waals surface area contributed by atoms with E-state index in [0.717, 1.165) is 31.9 Å². The summed E-state index contributed by atoms with van der Waals surface area (Å²) in [6, 6.07) is 0.429. The molecule has 4 nitrogen and oxygen atoms in total. The Bertz CT molecular complexity index is 199. The summed E-state index contributed by atoms with van der Waals surface area (Å²) in [5, 5.41) is 13.1. The molecule has 0 aromatic heterocycles. The van der Waals surface area contributed by atoms with Crippen molar-refractivity contribution in [2.75, 3.05) is 40.4 Å². The maximum atomic E-state index is 9.79. The second-order valence-corrected chi connectivity index (χ2v) is 6.17. The molecule has 116 valence electrons. The lowest BCUT2D eigenvalue weighted by atomic mass is 10.1. The molecule has 2 N–H and O–H groups in total. The Morgan fingerprint density at radius 3 is 2.42 bits per heavy atom. The fraction of sp³-hybridized carbons (Fsp3) is 1.00. The predicted octanol–water partition coefficient (Wildman–Crippen LogP) is 1.73. The largest absolute Gasteiger partial charge is 0.389 e. The highest BCUT2D eigenvalue weighted by atomic mass is 16.5. The van der Waals surface area contributed by atoms with Crippen molar-refractivity contribution in [2.24, 2.45) is 5.92 Å². The van der Waals surface area contributed by atoms with Crippen LogP contribution >= 0.6 is 0 Å². The summed E-state index contributed by atoms with van der Waals surface area (Å²) in [6.45, 7) is 9.45. The number of nitrogens with one attached hydrogen (secondary N) is 1. The van der Waals surface area contributed by atoms with Gasteiger partial charge in [-0.1, -0.05) is 13.8 Å². The standard InChI is InChI=1S/C15H34N2O2/c1-13(2)7-6-10-19-12-15(18)11-16-14(3)8-9-17(4)5/h13-16,18H,6-12H2,1-5H3. The summed E-state index contributed by atoms with van der Waals surface area (Å²) in [4.78, 5) is 2.17. The van der Waals surface area contributed by atoms with Crippen molar-refractivity contribution in [2.45, 2.75) is 52.2 Å². The van der Waals surface area contributed by atoms with Crippen LogP contribution in [0, 0.1) is 5.92 Å². The molecular formula is C15H34N2O2. The van der Waals surface area contributed by atoms with Gasteiger partial charge >= 0.3 is 0 Å². The van der Waals surface area contributed by atoms with Crippen molar-refractivity contribution >= 4 is 0 Å². The van der Waals surface area contributed by atoms with Gasteiger partial charge < -0.3 is 20.1 Å². The molecule has 2 unspecified atom stereocenters. The summed E-state index contributed by atoms with van der Waals surface area (Å²) in [5.74, 6) is 0.729. The smallest absolute Gasteiger partial charge is 0.0897 e. The van der Waals surface area contributed by atoms with Gasteiger partial charge in [-0.05, 0) is 52.7 Å². The fourth-order valence-corrected chi connectivity index (χ4v) is 1.76. The normalized spacial score (nSPS) is 15.2. The van der Waals surface area contributed by atoms with Crippen LogP contribution in [-0.4, -0.2) is 62.6 Å². The molecule has 0 saturated carbocycles. The van der Waals surface area contributed by atoms with Crippen molar-refractivity contribution in [1.82, 2.24) is 10.2 Å². The molecule has 0 spiro atoms. The highest BCUT2D eigenvalue weighted by Gasteiger charge is 2.07. The summed E-state index contributed by atoms with van der Waals surface area (Å²) in [7, 11) is 4.15. The Balaban J connectivity index is 3.40. The number of aliphatic hydroxyl groups is 1. The van der Waals surface area contributed by atoms with Gasteiger partial charge in [0.25, 0.3) is 0 Å². The van der Waals surface area contributed by atoms with E-state index in [-0.39, 0.29) is 0 Å². The van der Waals surface area contributed by atoms with E-state index in [0.29, 0.717) is 19.2 Å². The first kappa shape index (κ1) is 18.8. The predicted molar refractivity (Wildman–Crippen MR) is 81.5 cm³/mol. The van der Waals surface area contributed by atoms with Crippen LogP contribution in [0.3, 0.4) is 0 Å². The molecule has 0 rings (SSSR count). The summed E-state index contributed by atoms with van der Waals surface area (Å²) in [6.07, 6.45) is 2.96. The SMILES string of the molecule is CC(C)CCCOCC(O)CNC(C)CCN(C)C. The van der Waals surface area contributed by atoms with Gasteiger partial charge in [0.15, 0.2) is 0 Å². The molecule has 0 aliphatic rings. The number of rotatable bonds is 12. The van der Waals surface area contributed by atoms with Crippen LogP contribution in [-0.2, 0) is 4.74 Å². The Hall–Kier alpha value is -0.160. The minimum absolute atomic E-state index is 0.402. The minimum atomic E-state index is -0.402. The first-order valence-corrected chi connectivity index (χ1v) is 7.55. The van der Waals surface area contributed by atoms with E-state index in [9.17, 15) is 5.11 Å². The molecule has 0 heterocycles. The monoisotopic (exact) mass is 274 g/mol. The highest BCUT2D eigenvalue weighted by Crippen LogP contribution is 2.03. The van der Waals surface area contributed by atoms with Crippen LogP contribution in [0.5, 0.6) is 0 Å². The summed E-state index contributed by atoms with van der Waals surface area (Å²) in [5.41, 5.74) is 0. The zero-order chi connectivity index (χ0) is 14.7. The fourth-order valence-electron chi connectivity index (χ4n) is 1.76. The number of nitrogens with zero attached hydrogens (tertiary/aromatic N) is 1. The van der Waals surface area contributed by atoms with E-state index in [4.69, 9.17) is 4.74 Å². The molecule has 0 aliphatic carbocycles. The maximum absolute atomic E-state index is 9.79. The number of ether oxygens (including phenoxy) is 1. The molecule has 0 bridgehead atoms. The third-order valence-corrected chi connectivity index (χ3v) is 3.09. The second kappa shape index (κ2) is 11.6. The van der Waals surface area contributed by atoms with Crippen LogP contribution in [0.25, 0.3) is 0 Å². The molecule has 0 saturated heterocycles. The van der Waals surface area contributed by atoms with E-state index >= 15 is 0 Å². The van der Waals surface area contributed by atoms with Crippen LogP contribution in [0.4, 0.5) is 0 Å². The van der Waals surface area contributed by atoms with Gasteiger partial charge in [-0.15, -0.1) is 0 Å². The third kappa shape index (κ3) is 14.1. The van der Waals surface area contributed by atoms with E-state index in [2.05, 4.69) is 45.1 Å². The Kier molecular flexibility index (Phi) is 11.6. The lowest BCUT2D eigenvalue weighted by molar-refractivity contribution is 0.0335. The Morgan fingerprint density at radius 1 is 1.16 bits per heavy atom. The van der Waals surface area contributed by atoms with Crippen LogP contribution < -0.4 is 5.32 Å². The molecule has 0 amide bonds. The van der Waals surface area contributed by atoms with E-state index in [1.54, 1.807) is 0 Å². The van der Waals surface area contributed by atoms with E-state index < -0.39 is 6.10 Å². The Labute approximate surface area is 119 Å². The van der Waals surface area contributed by atoms with Crippen LogP contribution in [0.2, 0.25) is 0 Å². The van der Waals surface area contributed by atoms with E-state index in [1.165, 1.54) is 6.42 Å². The number of aliphatic hydroxyl groups excluding tert-OH is 1. The summed E-state index contributed by atoms with van der Waals surface area (Å²) < 4.78 is 5.48. The van der Waals surface area contributed by atoms with Gasteiger partial charge in [-0.3, -0.25) is 0 Å². The molecule has 2 atom stereocenters. The first-order chi connectivity index (χ1) is 8.91. The number of hydrogen-bond donors (Lipinski definition) is 2. The van der Waals surface area contributed by atoms with Gasteiger partial charge in [0.1, 0.15) is 0 Å². The van der Waals surface area contributed by atoms with Gasteiger partial charge in [0.2, 0.25) is 0 Å². The zero-order valence-electron chi connectivity index (χ0n) is 13.5. The average Bonchev–Trinajstić information content (AvgIpc) is 2.33. The molecule has 0 radical (unpaired) electrons. The Morgan fingerprint density at radius 2 is 1.84 bits per heavy atom. The third-order valence-electron chi connectivity index (χ3n) is 3.09. The van der Waals surface area contributed by atoms with Gasteiger partial charge in [0, 0.05) is 19.2 Å². The van der Waals surface area contributed by atoms with E-state index in [1.807, 2.05) is 0 Å². The van der Waals surface area contributed by atoms with Crippen molar-refractivity contribution in [1.29, 1.82) is 0 Å². The minimum Gasteiger partial charge on any atom is -0.389 e. The van der Waals surface area contributed by atoms with Gasteiger partial charge in [0.05, 0.1) is 12.7 Å². The summed E-state index contributed by atoms with van der Waals surface area (Å²) >= 11 is 0. The molecule has 0 aliphatic heterocycles. The second-order valence-electron chi connectivity index (χ2n) is 6.17. The first-order valence-electron chi connectivity index (χ1n) is 7.55. The maximum Gasteiger partial charge on any atom is 0.0897 e. The van der Waals surface area contributed by atoms with Crippen molar-refractivity contribution in [3.63, 3.8) is 0 Å². The van der Waals surface area contributed by atoms with Gasteiger partial charge in [-0.25, -0.2) is 0 Å². The average molecular weight is 274 g/mol. The molecule has 0 aromatic rings.